The average Bonchev–Trinajstić information content (AvgIpc) is 3.58. The standard InChI is InChI=1S/C43H48/c1-40(2,3)31-20-21-34(26-31)43(29-16-12-10-13-17-29,30-18-14-11-15-19-30)39-35-24-22-32(41(4,5)6)27-37(35)38-28-33(42(7,8)9)23-25-36(38)39/h10-19,21-28,39H,20H2,1-9H3. The Kier molecular flexibility index (Phi) is 7.00. The second-order valence-corrected chi connectivity index (χ2v) is 15.9. The summed E-state index contributed by atoms with van der Waals surface area (Å²) in [5.74, 6) is 0.132. The van der Waals surface area contributed by atoms with Crippen LogP contribution in [-0.4, -0.2) is 0 Å². The Morgan fingerprint density at radius 1 is 0.488 bits per heavy atom. The van der Waals surface area contributed by atoms with Gasteiger partial charge in [0, 0.05) is 5.92 Å². The quantitative estimate of drug-likeness (QED) is 0.231. The van der Waals surface area contributed by atoms with Crippen molar-refractivity contribution in [2.45, 2.75) is 90.9 Å². The summed E-state index contributed by atoms with van der Waals surface area (Å²) in [7, 11) is 0. The first-order valence-corrected chi connectivity index (χ1v) is 16.0. The van der Waals surface area contributed by atoms with Crippen molar-refractivity contribution < 1.29 is 0 Å². The third-order valence-electron chi connectivity index (χ3n) is 9.93. The third kappa shape index (κ3) is 4.94. The van der Waals surface area contributed by atoms with E-state index in [4.69, 9.17) is 0 Å². The van der Waals surface area contributed by atoms with E-state index in [9.17, 15) is 0 Å². The molecule has 0 aliphatic heterocycles. The molecule has 0 saturated carbocycles. The van der Waals surface area contributed by atoms with E-state index < -0.39 is 0 Å². The van der Waals surface area contributed by atoms with E-state index in [0.29, 0.717) is 0 Å². The van der Waals surface area contributed by atoms with Crippen LogP contribution >= 0.6 is 0 Å². The summed E-state index contributed by atoms with van der Waals surface area (Å²) < 4.78 is 0. The SMILES string of the molecule is CC(C)(C)C1=CC(C(c2ccccc2)(c2ccccc2)C2c3ccc(C(C)(C)C)cc3-c3cc(C(C)(C)C)ccc32)=CC1. The van der Waals surface area contributed by atoms with Gasteiger partial charge < -0.3 is 0 Å². The second kappa shape index (κ2) is 10.2. The molecule has 6 rings (SSSR count). The molecule has 0 heteroatoms. The first kappa shape index (κ1) is 29.4. The molecule has 0 nitrogen and oxygen atoms in total. The van der Waals surface area contributed by atoms with Gasteiger partial charge in [-0.25, -0.2) is 0 Å². The van der Waals surface area contributed by atoms with Crippen LogP contribution in [0.5, 0.6) is 0 Å². The molecule has 43 heavy (non-hydrogen) atoms. The Morgan fingerprint density at radius 3 is 1.30 bits per heavy atom. The highest BCUT2D eigenvalue weighted by Crippen LogP contribution is 2.61. The minimum atomic E-state index is -0.387. The number of allylic oxidation sites excluding steroid dienone is 4. The Balaban J connectivity index is 1.75. The van der Waals surface area contributed by atoms with E-state index in [-0.39, 0.29) is 27.6 Å². The molecule has 220 valence electrons. The lowest BCUT2D eigenvalue weighted by Gasteiger charge is -2.43. The molecule has 0 N–H and O–H groups in total. The van der Waals surface area contributed by atoms with Crippen LogP contribution in [0.25, 0.3) is 11.1 Å². The molecular formula is C43H48. The normalized spacial score (nSPS) is 15.7. The van der Waals surface area contributed by atoms with Crippen molar-refractivity contribution in [3.63, 3.8) is 0 Å². The number of hydrogen-bond donors (Lipinski definition) is 0. The van der Waals surface area contributed by atoms with E-state index in [1.165, 1.54) is 55.7 Å². The molecule has 4 aromatic rings. The lowest BCUT2D eigenvalue weighted by atomic mass is 9.58. The summed E-state index contributed by atoms with van der Waals surface area (Å²) in [6.45, 7) is 21.0. The van der Waals surface area contributed by atoms with Crippen molar-refractivity contribution >= 4 is 0 Å². The van der Waals surface area contributed by atoms with Crippen LogP contribution in [0, 0.1) is 5.41 Å². The van der Waals surface area contributed by atoms with E-state index in [1.807, 2.05) is 0 Å². The van der Waals surface area contributed by atoms with Crippen molar-refractivity contribution in [2.75, 3.05) is 0 Å². The van der Waals surface area contributed by atoms with Crippen molar-refractivity contribution in [2.24, 2.45) is 5.41 Å². The summed E-state index contributed by atoms with van der Waals surface area (Å²) in [6.07, 6.45) is 6.08. The van der Waals surface area contributed by atoms with Crippen LogP contribution in [0.4, 0.5) is 0 Å². The third-order valence-corrected chi connectivity index (χ3v) is 9.93. The lowest BCUT2D eigenvalue weighted by Crippen LogP contribution is -2.36. The van der Waals surface area contributed by atoms with Gasteiger partial charge >= 0.3 is 0 Å². The molecule has 2 aliphatic carbocycles. The highest BCUT2D eigenvalue weighted by molar-refractivity contribution is 5.83. The van der Waals surface area contributed by atoms with Gasteiger partial charge in [0.05, 0.1) is 5.41 Å². The van der Waals surface area contributed by atoms with Gasteiger partial charge in [-0.3, -0.25) is 0 Å². The number of fused-ring (bicyclic) bond motifs is 3. The van der Waals surface area contributed by atoms with Gasteiger partial charge in [0.1, 0.15) is 0 Å². The molecule has 0 amide bonds. The molecule has 0 fully saturated rings. The van der Waals surface area contributed by atoms with Crippen LogP contribution in [-0.2, 0) is 16.2 Å². The summed E-state index contributed by atoms with van der Waals surface area (Å²) in [5.41, 5.74) is 13.9. The van der Waals surface area contributed by atoms with Gasteiger partial charge in [-0.1, -0.05) is 177 Å². The second-order valence-electron chi connectivity index (χ2n) is 15.9. The van der Waals surface area contributed by atoms with Crippen LogP contribution in [0.2, 0.25) is 0 Å². The van der Waals surface area contributed by atoms with Gasteiger partial charge in [0.25, 0.3) is 0 Å². The zero-order valence-electron chi connectivity index (χ0n) is 27.7. The highest BCUT2D eigenvalue weighted by Gasteiger charge is 2.50. The van der Waals surface area contributed by atoms with E-state index in [2.05, 4.69) is 172 Å². The van der Waals surface area contributed by atoms with E-state index in [1.54, 1.807) is 0 Å². The van der Waals surface area contributed by atoms with E-state index >= 15 is 0 Å². The molecule has 0 radical (unpaired) electrons. The molecule has 0 atom stereocenters. The predicted octanol–water partition coefficient (Wildman–Crippen LogP) is 11.7. The fourth-order valence-electron chi connectivity index (χ4n) is 7.37. The minimum Gasteiger partial charge on any atom is -0.0759 e. The zero-order valence-corrected chi connectivity index (χ0v) is 27.7. The number of hydrogen-bond acceptors (Lipinski definition) is 0. The zero-order chi connectivity index (χ0) is 30.8. The van der Waals surface area contributed by atoms with Crippen LogP contribution in [0.3, 0.4) is 0 Å². The van der Waals surface area contributed by atoms with Gasteiger partial charge in [0.15, 0.2) is 0 Å². The first-order chi connectivity index (χ1) is 20.2. The summed E-state index contributed by atoms with van der Waals surface area (Å²) in [4.78, 5) is 0. The maximum absolute atomic E-state index is 2.55. The smallest absolute Gasteiger partial charge is 0.0557 e. The maximum Gasteiger partial charge on any atom is 0.0557 e. The molecule has 0 unspecified atom stereocenters. The first-order valence-electron chi connectivity index (χ1n) is 16.0. The largest absolute Gasteiger partial charge is 0.0759 e. The number of benzene rings is 4. The summed E-state index contributed by atoms with van der Waals surface area (Å²) in [6, 6.07) is 37.3. The Hall–Kier alpha value is -3.64. The lowest BCUT2D eigenvalue weighted by molar-refractivity contribution is 0.495. The molecule has 4 aromatic carbocycles. The van der Waals surface area contributed by atoms with Crippen molar-refractivity contribution in [3.05, 3.63) is 154 Å². The van der Waals surface area contributed by atoms with Crippen LogP contribution in [0.1, 0.15) is 108 Å². The predicted molar refractivity (Wildman–Crippen MR) is 185 cm³/mol. The fraction of sp³-hybridized carbons (Fsp3) is 0.349. The fourth-order valence-corrected chi connectivity index (χ4v) is 7.37. The molecule has 0 heterocycles. The topological polar surface area (TPSA) is 0 Å². The number of rotatable bonds is 4. The summed E-state index contributed by atoms with van der Waals surface area (Å²) >= 11 is 0. The molecular weight excluding hydrogens is 516 g/mol. The van der Waals surface area contributed by atoms with Gasteiger partial charge in [-0.05, 0) is 72.7 Å². The molecule has 0 spiro atoms. The molecule has 2 aliphatic rings. The molecule has 0 aromatic heterocycles. The monoisotopic (exact) mass is 564 g/mol. The molecule has 0 bridgehead atoms. The minimum absolute atomic E-state index is 0.0726. The molecule has 0 saturated heterocycles. The summed E-state index contributed by atoms with van der Waals surface area (Å²) in [5, 5.41) is 0. The highest BCUT2D eigenvalue weighted by atomic mass is 14.5. The van der Waals surface area contributed by atoms with Gasteiger partial charge in [0.2, 0.25) is 0 Å². The van der Waals surface area contributed by atoms with Gasteiger partial charge in [-0.15, -0.1) is 0 Å². The Labute approximate surface area is 260 Å². The van der Waals surface area contributed by atoms with Crippen LogP contribution in [0.15, 0.2) is 120 Å². The van der Waals surface area contributed by atoms with E-state index in [0.717, 1.165) is 6.42 Å². The Bertz CT molecular complexity index is 1600. The van der Waals surface area contributed by atoms with Gasteiger partial charge in [-0.2, -0.15) is 0 Å². The Morgan fingerprint density at radius 2 is 0.930 bits per heavy atom. The van der Waals surface area contributed by atoms with Crippen LogP contribution < -0.4 is 0 Å². The average molecular weight is 565 g/mol. The van der Waals surface area contributed by atoms with Crippen molar-refractivity contribution in [1.29, 1.82) is 0 Å². The van der Waals surface area contributed by atoms with Crippen molar-refractivity contribution in [3.8, 4) is 11.1 Å². The maximum atomic E-state index is 2.55. The van der Waals surface area contributed by atoms with Crippen molar-refractivity contribution in [1.82, 2.24) is 0 Å².